The van der Waals surface area contributed by atoms with Crippen LogP contribution in [0.1, 0.15) is 11.1 Å². The molecule has 0 saturated carbocycles. The summed E-state index contributed by atoms with van der Waals surface area (Å²) in [5.41, 5.74) is 3.73. The summed E-state index contributed by atoms with van der Waals surface area (Å²) in [5, 5.41) is 15.1. The highest BCUT2D eigenvalue weighted by molar-refractivity contribution is 5.84. The molecule has 10 nitrogen and oxygen atoms in total. The highest BCUT2D eigenvalue weighted by atomic mass is 16.5. The molecule has 6 heterocycles. The first-order valence-corrected chi connectivity index (χ1v) is 11.9. The number of pyridine rings is 3. The maximum Gasteiger partial charge on any atom is 0.244 e. The smallest absolute Gasteiger partial charge is 0.244 e. The summed E-state index contributed by atoms with van der Waals surface area (Å²) < 4.78 is 7.79. The number of piperazine rings is 1. The fourth-order valence-electron chi connectivity index (χ4n) is 4.67. The average Bonchev–Trinajstić information content (AvgIpc) is 3.43. The maximum absolute atomic E-state index is 8.34. The van der Waals surface area contributed by atoms with Gasteiger partial charge in [0.25, 0.3) is 0 Å². The first-order valence-electron chi connectivity index (χ1n) is 11.9. The highest BCUT2D eigenvalue weighted by Crippen LogP contribution is 2.38. The molecule has 0 radical (unpaired) electrons. The van der Waals surface area contributed by atoms with Crippen molar-refractivity contribution in [1.29, 1.82) is 5.41 Å². The van der Waals surface area contributed by atoms with Gasteiger partial charge in [-0.15, -0.1) is 0 Å². The molecule has 36 heavy (non-hydrogen) atoms. The van der Waals surface area contributed by atoms with Crippen LogP contribution in [0.15, 0.2) is 42.7 Å². The zero-order chi connectivity index (χ0) is 24.5. The van der Waals surface area contributed by atoms with E-state index in [1.54, 1.807) is 19.5 Å². The van der Waals surface area contributed by atoms with E-state index in [0.29, 0.717) is 17.4 Å². The van der Waals surface area contributed by atoms with Crippen molar-refractivity contribution in [2.75, 3.05) is 50.1 Å². The molecule has 4 aliphatic rings. The van der Waals surface area contributed by atoms with Gasteiger partial charge < -0.3 is 24.8 Å². The van der Waals surface area contributed by atoms with Gasteiger partial charge in [0.1, 0.15) is 17.5 Å². The van der Waals surface area contributed by atoms with Crippen molar-refractivity contribution in [2.45, 2.75) is 6.54 Å². The van der Waals surface area contributed by atoms with Gasteiger partial charge in [0.2, 0.25) is 11.5 Å². The van der Waals surface area contributed by atoms with E-state index >= 15 is 0 Å². The van der Waals surface area contributed by atoms with Crippen molar-refractivity contribution in [3.05, 3.63) is 59.5 Å². The Bertz CT molecular complexity index is 1510. The fraction of sp³-hybridized carbons (Fsp3) is 0.269. The number of ether oxygens (including phenoxy) is 1. The molecule has 0 amide bonds. The van der Waals surface area contributed by atoms with E-state index in [0.717, 1.165) is 73.2 Å². The first-order chi connectivity index (χ1) is 17.7. The van der Waals surface area contributed by atoms with Gasteiger partial charge in [-0.05, 0) is 30.3 Å². The van der Waals surface area contributed by atoms with E-state index in [9.17, 15) is 0 Å². The zero-order valence-corrected chi connectivity index (χ0v) is 19.9. The van der Waals surface area contributed by atoms with Crippen molar-refractivity contribution >= 4 is 11.6 Å². The van der Waals surface area contributed by atoms with Gasteiger partial charge in [0, 0.05) is 62.8 Å². The second-order valence-electron chi connectivity index (χ2n) is 8.57. The molecule has 0 aromatic carbocycles. The lowest BCUT2D eigenvalue weighted by molar-refractivity contribution is 0.399. The van der Waals surface area contributed by atoms with Gasteiger partial charge in [-0.1, -0.05) is 11.8 Å². The van der Waals surface area contributed by atoms with Gasteiger partial charge in [-0.3, -0.25) is 10.4 Å². The third-order valence-corrected chi connectivity index (χ3v) is 6.36. The molecule has 0 bridgehead atoms. The molecule has 0 atom stereocenters. The van der Waals surface area contributed by atoms with Crippen LogP contribution in [0.3, 0.4) is 0 Å². The van der Waals surface area contributed by atoms with Crippen molar-refractivity contribution in [1.82, 2.24) is 29.8 Å². The van der Waals surface area contributed by atoms with Crippen molar-refractivity contribution < 1.29 is 4.74 Å². The van der Waals surface area contributed by atoms with Crippen LogP contribution in [0.2, 0.25) is 0 Å². The monoisotopic (exact) mass is 479 g/mol. The zero-order valence-electron chi connectivity index (χ0n) is 19.9. The van der Waals surface area contributed by atoms with Crippen molar-refractivity contribution in [2.24, 2.45) is 0 Å². The SMILES string of the molecule is COc1nc(N2CCNCC2)ccc1-c1nc(=N)nc2n3c(c(C#Cc4cccnc4)cc1-2)NCC3. The lowest BCUT2D eigenvalue weighted by atomic mass is 10.0. The average molecular weight is 480 g/mol. The molecule has 6 rings (SSSR count). The Morgan fingerprint density at radius 1 is 1.00 bits per heavy atom. The lowest BCUT2D eigenvalue weighted by Gasteiger charge is -2.28. The minimum Gasteiger partial charge on any atom is -0.480 e. The number of methoxy groups -OCH3 is 1. The van der Waals surface area contributed by atoms with Crippen LogP contribution < -0.4 is 25.9 Å². The van der Waals surface area contributed by atoms with Crippen LogP contribution in [0.5, 0.6) is 5.88 Å². The molecule has 1 saturated heterocycles. The van der Waals surface area contributed by atoms with Gasteiger partial charge in [0.05, 0.1) is 23.9 Å². The molecule has 0 spiro atoms. The van der Waals surface area contributed by atoms with Gasteiger partial charge in [-0.2, -0.15) is 9.97 Å². The molecular weight excluding hydrogens is 454 g/mol. The van der Waals surface area contributed by atoms with Gasteiger partial charge in [0.15, 0.2) is 0 Å². The molecule has 2 aromatic heterocycles. The van der Waals surface area contributed by atoms with Crippen LogP contribution >= 0.6 is 0 Å². The van der Waals surface area contributed by atoms with E-state index in [4.69, 9.17) is 15.1 Å². The summed E-state index contributed by atoms with van der Waals surface area (Å²) >= 11 is 0. The third-order valence-electron chi connectivity index (χ3n) is 6.36. The highest BCUT2D eigenvalue weighted by Gasteiger charge is 2.26. The van der Waals surface area contributed by atoms with Crippen LogP contribution in [-0.4, -0.2) is 64.3 Å². The Kier molecular flexibility index (Phi) is 5.67. The number of anilines is 2. The summed E-state index contributed by atoms with van der Waals surface area (Å²) in [6.07, 6.45) is 3.47. The van der Waals surface area contributed by atoms with Gasteiger partial charge >= 0.3 is 0 Å². The summed E-state index contributed by atoms with van der Waals surface area (Å²) in [7, 11) is 1.61. The number of fused-ring (bicyclic) bond motifs is 3. The maximum atomic E-state index is 8.34. The van der Waals surface area contributed by atoms with Gasteiger partial charge in [-0.25, -0.2) is 4.98 Å². The Hall–Kier alpha value is -4.49. The summed E-state index contributed by atoms with van der Waals surface area (Å²) in [4.78, 5) is 20.2. The van der Waals surface area contributed by atoms with Crippen LogP contribution in [0, 0.1) is 17.3 Å². The minimum atomic E-state index is -0.0541. The summed E-state index contributed by atoms with van der Waals surface area (Å²) in [5.74, 6) is 9.40. The molecule has 1 fully saturated rings. The fourth-order valence-corrected chi connectivity index (χ4v) is 4.67. The molecule has 180 valence electrons. The molecule has 0 unspecified atom stereocenters. The summed E-state index contributed by atoms with van der Waals surface area (Å²) in [6, 6.07) is 9.75. The predicted octanol–water partition coefficient (Wildman–Crippen LogP) is 1.56. The topological polar surface area (TPSA) is 117 Å². The van der Waals surface area contributed by atoms with Crippen LogP contribution in [0.4, 0.5) is 11.6 Å². The molecule has 3 N–H and O–H groups in total. The van der Waals surface area contributed by atoms with Crippen LogP contribution in [0.25, 0.3) is 22.6 Å². The number of aromatic nitrogens is 5. The quantitative estimate of drug-likeness (QED) is 0.379. The second-order valence-corrected chi connectivity index (χ2v) is 8.57. The Labute approximate surface area is 208 Å². The number of hydrogen-bond acceptors (Lipinski definition) is 9. The van der Waals surface area contributed by atoms with E-state index in [1.807, 2.05) is 30.3 Å². The van der Waals surface area contributed by atoms with Crippen LogP contribution in [-0.2, 0) is 6.54 Å². The Morgan fingerprint density at radius 3 is 2.69 bits per heavy atom. The lowest BCUT2D eigenvalue weighted by Crippen LogP contribution is -2.43. The van der Waals surface area contributed by atoms with E-state index < -0.39 is 0 Å². The Balaban J connectivity index is 1.51. The van der Waals surface area contributed by atoms with Crippen molar-refractivity contribution in [3.63, 3.8) is 0 Å². The number of hydrogen-bond donors (Lipinski definition) is 3. The number of nitrogens with one attached hydrogen (secondary N) is 3. The molecule has 4 aliphatic heterocycles. The molecule has 0 aliphatic carbocycles. The largest absolute Gasteiger partial charge is 0.480 e. The second kappa shape index (κ2) is 9.28. The predicted molar refractivity (Wildman–Crippen MR) is 136 cm³/mol. The molecule has 10 heteroatoms. The minimum absolute atomic E-state index is 0.0541. The van der Waals surface area contributed by atoms with Crippen molar-refractivity contribution in [3.8, 4) is 40.4 Å². The van der Waals surface area contributed by atoms with E-state index in [1.165, 1.54) is 0 Å². The standard InChI is InChI=1S/C26H25N9O/c1-36-25-19(6-7-21(31-25)34-12-9-28-10-13-34)22-20-15-18(5-4-17-3-2-8-29-16-17)23-30-11-14-35(23)24(20)33-26(27)32-22/h2-3,6-8,15-16,27-28,30H,9-14H2,1H3. The van der Waals surface area contributed by atoms with E-state index in [2.05, 4.69) is 46.9 Å². The molecule has 2 aromatic rings. The van der Waals surface area contributed by atoms with E-state index in [-0.39, 0.29) is 5.62 Å². The number of nitrogens with zero attached hydrogens (tertiary/aromatic N) is 6. The summed E-state index contributed by atoms with van der Waals surface area (Å²) in [6.45, 7) is 5.10. The first kappa shape index (κ1) is 22.0. The Morgan fingerprint density at radius 2 is 1.89 bits per heavy atom. The normalized spacial score (nSPS) is 14.6. The third kappa shape index (κ3) is 3.99. The molecular formula is C26H25N9O. The number of rotatable bonds is 3.